The van der Waals surface area contributed by atoms with E-state index in [-0.39, 0.29) is 5.56 Å². The molecule has 0 unspecified atom stereocenters. The molecule has 0 aliphatic carbocycles. The van der Waals surface area contributed by atoms with Crippen molar-refractivity contribution in [3.05, 3.63) is 75.6 Å². The number of carbonyl (C=O) groups excluding carboxylic acids is 2. The van der Waals surface area contributed by atoms with E-state index in [2.05, 4.69) is 10.3 Å². The standard InChI is InChI=1S/C21H20N2O4/c1-3-14-8-6-7-13(2)20(14)23-19(25)12-27-21(26)16-11-18(24)22-17-10-5-4-9-15(16)17/h4-11H,3,12H2,1-2H3,(H,22,24)(H,23,25). The van der Waals surface area contributed by atoms with Gasteiger partial charge in [0.2, 0.25) is 5.56 Å². The molecule has 0 fully saturated rings. The van der Waals surface area contributed by atoms with Crippen molar-refractivity contribution in [2.75, 3.05) is 11.9 Å². The lowest BCUT2D eigenvalue weighted by atomic mass is 10.1. The zero-order valence-electron chi connectivity index (χ0n) is 15.2. The number of pyridine rings is 1. The number of H-pyrrole nitrogens is 1. The van der Waals surface area contributed by atoms with Crippen LogP contribution in [0.15, 0.2) is 53.3 Å². The third-order valence-electron chi connectivity index (χ3n) is 4.31. The highest BCUT2D eigenvalue weighted by Crippen LogP contribution is 2.21. The van der Waals surface area contributed by atoms with Gasteiger partial charge in [-0.2, -0.15) is 0 Å². The van der Waals surface area contributed by atoms with Crippen molar-refractivity contribution < 1.29 is 14.3 Å². The van der Waals surface area contributed by atoms with Crippen molar-refractivity contribution in [1.29, 1.82) is 0 Å². The molecule has 0 bridgehead atoms. The van der Waals surface area contributed by atoms with E-state index in [0.717, 1.165) is 23.2 Å². The zero-order valence-corrected chi connectivity index (χ0v) is 15.2. The smallest absolute Gasteiger partial charge is 0.339 e. The molecule has 2 N–H and O–H groups in total. The first-order chi connectivity index (χ1) is 13.0. The van der Waals surface area contributed by atoms with Gasteiger partial charge in [-0.25, -0.2) is 4.79 Å². The number of aromatic amines is 1. The predicted molar refractivity (Wildman–Crippen MR) is 104 cm³/mol. The summed E-state index contributed by atoms with van der Waals surface area (Å²) in [6.45, 7) is 3.48. The Labute approximate surface area is 156 Å². The molecule has 0 spiro atoms. The average Bonchev–Trinajstić information content (AvgIpc) is 2.67. The van der Waals surface area contributed by atoms with E-state index in [9.17, 15) is 14.4 Å². The Kier molecular flexibility index (Phi) is 5.35. The molecule has 6 heteroatoms. The zero-order chi connectivity index (χ0) is 19.4. The van der Waals surface area contributed by atoms with Gasteiger partial charge in [-0.1, -0.05) is 43.3 Å². The number of aryl methyl sites for hydroxylation is 2. The number of anilines is 1. The van der Waals surface area contributed by atoms with Gasteiger partial charge in [0, 0.05) is 22.7 Å². The first-order valence-corrected chi connectivity index (χ1v) is 8.67. The maximum absolute atomic E-state index is 12.4. The Morgan fingerprint density at radius 3 is 2.67 bits per heavy atom. The Balaban J connectivity index is 1.73. The molecule has 138 valence electrons. The Hall–Kier alpha value is -3.41. The van der Waals surface area contributed by atoms with E-state index >= 15 is 0 Å². The molecular formula is C21H20N2O4. The highest BCUT2D eigenvalue weighted by Gasteiger charge is 2.16. The maximum atomic E-state index is 12.4. The van der Waals surface area contributed by atoms with Gasteiger partial charge >= 0.3 is 5.97 Å². The highest BCUT2D eigenvalue weighted by atomic mass is 16.5. The monoisotopic (exact) mass is 364 g/mol. The topological polar surface area (TPSA) is 88.3 Å². The Bertz CT molecular complexity index is 1070. The molecule has 6 nitrogen and oxygen atoms in total. The minimum Gasteiger partial charge on any atom is -0.452 e. The molecular weight excluding hydrogens is 344 g/mol. The quantitative estimate of drug-likeness (QED) is 0.681. The number of carbonyl (C=O) groups is 2. The van der Waals surface area contributed by atoms with E-state index in [1.54, 1.807) is 24.3 Å². The van der Waals surface area contributed by atoms with Gasteiger partial charge in [-0.05, 0) is 30.5 Å². The van der Waals surface area contributed by atoms with E-state index in [4.69, 9.17) is 4.74 Å². The molecule has 0 radical (unpaired) electrons. The third-order valence-corrected chi connectivity index (χ3v) is 4.31. The van der Waals surface area contributed by atoms with Gasteiger partial charge in [-0.15, -0.1) is 0 Å². The number of aromatic nitrogens is 1. The fourth-order valence-corrected chi connectivity index (χ4v) is 2.96. The van der Waals surface area contributed by atoms with Crippen LogP contribution in [0.25, 0.3) is 10.9 Å². The summed E-state index contributed by atoms with van der Waals surface area (Å²) in [4.78, 5) is 39.1. The number of hydrogen-bond donors (Lipinski definition) is 2. The van der Waals surface area contributed by atoms with Gasteiger partial charge in [0.05, 0.1) is 5.56 Å². The van der Waals surface area contributed by atoms with Gasteiger partial charge in [0.15, 0.2) is 6.61 Å². The molecule has 0 aliphatic rings. The van der Waals surface area contributed by atoms with Crippen LogP contribution in [0.1, 0.15) is 28.4 Å². The number of nitrogens with one attached hydrogen (secondary N) is 2. The van der Waals surface area contributed by atoms with Crippen LogP contribution >= 0.6 is 0 Å². The van der Waals surface area contributed by atoms with Crippen LogP contribution < -0.4 is 10.9 Å². The predicted octanol–water partition coefficient (Wildman–Crippen LogP) is 3.19. The minimum absolute atomic E-state index is 0.132. The number of amides is 1. The molecule has 2 aromatic carbocycles. The van der Waals surface area contributed by atoms with Crippen LogP contribution in [0.2, 0.25) is 0 Å². The Morgan fingerprint density at radius 2 is 1.89 bits per heavy atom. The summed E-state index contributed by atoms with van der Waals surface area (Å²) in [6, 6.07) is 13.9. The van der Waals surface area contributed by atoms with Crippen molar-refractivity contribution >= 4 is 28.5 Å². The van der Waals surface area contributed by atoms with Gasteiger partial charge in [0.1, 0.15) is 0 Å². The molecule has 0 aliphatic heterocycles. The fourth-order valence-electron chi connectivity index (χ4n) is 2.96. The number of hydrogen-bond acceptors (Lipinski definition) is 4. The fraction of sp³-hybridized carbons (Fsp3) is 0.190. The first-order valence-electron chi connectivity index (χ1n) is 8.67. The number of esters is 1. The molecule has 0 saturated heterocycles. The molecule has 27 heavy (non-hydrogen) atoms. The number of para-hydroxylation sites is 2. The van der Waals surface area contributed by atoms with E-state index in [1.165, 1.54) is 6.07 Å². The normalized spacial score (nSPS) is 10.6. The molecule has 3 aromatic rings. The Morgan fingerprint density at radius 1 is 1.11 bits per heavy atom. The van der Waals surface area contributed by atoms with Crippen LogP contribution in [-0.4, -0.2) is 23.5 Å². The second-order valence-electron chi connectivity index (χ2n) is 6.18. The second kappa shape index (κ2) is 7.86. The summed E-state index contributed by atoms with van der Waals surface area (Å²) in [5.74, 6) is -1.14. The van der Waals surface area contributed by atoms with Crippen molar-refractivity contribution in [1.82, 2.24) is 4.98 Å². The number of rotatable bonds is 5. The summed E-state index contributed by atoms with van der Waals surface area (Å²) in [5, 5.41) is 3.37. The highest BCUT2D eigenvalue weighted by molar-refractivity contribution is 6.04. The number of fused-ring (bicyclic) bond motifs is 1. The SMILES string of the molecule is CCc1cccc(C)c1NC(=O)COC(=O)c1cc(=O)[nH]c2ccccc12. The van der Waals surface area contributed by atoms with Crippen molar-refractivity contribution in [2.45, 2.75) is 20.3 Å². The van der Waals surface area contributed by atoms with Gasteiger partial charge in [-0.3, -0.25) is 9.59 Å². The van der Waals surface area contributed by atoms with E-state index < -0.39 is 24.0 Å². The van der Waals surface area contributed by atoms with Crippen LogP contribution in [0, 0.1) is 6.92 Å². The molecule has 1 heterocycles. The number of benzene rings is 2. The molecule has 0 saturated carbocycles. The van der Waals surface area contributed by atoms with Crippen LogP contribution in [-0.2, 0) is 16.0 Å². The lowest BCUT2D eigenvalue weighted by Gasteiger charge is -2.13. The minimum atomic E-state index is -0.715. The van der Waals surface area contributed by atoms with Crippen molar-refractivity contribution in [2.24, 2.45) is 0 Å². The average molecular weight is 364 g/mol. The summed E-state index contributed by atoms with van der Waals surface area (Å²) >= 11 is 0. The van der Waals surface area contributed by atoms with Crippen LogP contribution in [0.4, 0.5) is 5.69 Å². The lowest BCUT2D eigenvalue weighted by Crippen LogP contribution is -2.22. The van der Waals surface area contributed by atoms with Gasteiger partial charge < -0.3 is 15.0 Å². The molecule has 1 amide bonds. The lowest BCUT2D eigenvalue weighted by molar-refractivity contribution is -0.119. The van der Waals surface area contributed by atoms with E-state index in [0.29, 0.717) is 10.9 Å². The molecule has 3 rings (SSSR count). The van der Waals surface area contributed by atoms with Crippen LogP contribution in [0.3, 0.4) is 0 Å². The molecule has 1 aromatic heterocycles. The number of ether oxygens (including phenoxy) is 1. The second-order valence-corrected chi connectivity index (χ2v) is 6.18. The van der Waals surface area contributed by atoms with Crippen molar-refractivity contribution in [3.8, 4) is 0 Å². The first kappa shape index (κ1) is 18.4. The maximum Gasteiger partial charge on any atom is 0.339 e. The summed E-state index contributed by atoms with van der Waals surface area (Å²) in [7, 11) is 0. The summed E-state index contributed by atoms with van der Waals surface area (Å²) in [5.41, 5.74) is 2.95. The summed E-state index contributed by atoms with van der Waals surface area (Å²) in [6.07, 6.45) is 0.774. The van der Waals surface area contributed by atoms with E-state index in [1.807, 2.05) is 32.0 Å². The summed E-state index contributed by atoms with van der Waals surface area (Å²) < 4.78 is 5.13. The molecule has 0 atom stereocenters. The van der Waals surface area contributed by atoms with Crippen LogP contribution in [0.5, 0.6) is 0 Å². The largest absolute Gasteiger partial charge is 0.452 e. The third kappa shape index (κ3) is 4.06. The van der Waals surface area contributed by atoms with Gasteiger partial charge in [0.25, 0.3) is 5.91 Å². The van der Waals surface area contributed by atoms with Crippen molar-refractivity contribution in [3.63, 3.8) is 0 Å².